The van der Waals surface area contributed by atoms with Gasteiger partial charge in [0, 0.05) is 12.0 Å². The molecule has 0 aromatic heterocycles. The average Bonchev–Trinajstić information content (AvgIpc) is 2.18. The van der Waals surface area contributed by atoms with Crippen molar-refractivity contribution < 1.29 is 4.79 Å². The van der Waals surface area contributed by atoms with Crippen molar-refractivity contribution in [1.29, 1.82) is 0 Å². The van der Waals surface area contributed by atoms with Crippen molar-refractivity contribution in [3.05, 3.63) is 47.0 Å². The van der Waals surface area contributed by atoms with Crippen LogP contribution in [0.4, 0.5) is 0 Å². The van der Waals surface area contributed by atoms with Crippen molar-refractivity contribution in [3.8, 4) is 0 Å². The van der Waals surface area contributed by atoms with Crippen molar-refractivity contribution in [2.75, 3.05) is 0 Å². The van der Waals surface area contributed by atoms with Crippen LogP contribution in [0.5, 0.6) is 0 Å². The van der Waals surface area contributed by atoms with Crippen molar-refractivity contribution >= 4 is 5.78 Å². The monoisotopic (exact) mass is 200 g/mol. The fourth-order valence-electron chi connectivity index (χ4n) is 2.13. The van der Waals surface area contributed by atoms with Crippen LogP contribution in [0.25, 0.3) is 0 Å². The standard InChI is InChI=1S/C14H16O/c1-10(2)8-11-6-7-12-4-3-5-14(15)13(12)9-11/h6-7,9H,1,3-5,8H2,2H3. The Morgan fingerprint density at radius 2 is 2.20 bits per heavy atom. The second-order valence-electron chi connectivity index (χ2n) is 4.40. The number of rotatable bonds is 2. The van der Waals surface area contributed by atoms with Gasteiger partial charge in [-0.05, 0) is 43.4 Å². The lowest BCUT2D eigenvalue weighted by Crippen LogP contribution is -2.11. The smallest absolute Gasteiger partial charge is 0.163 e. The highest BCUT2D eigenvalue weighted by Gasteiger charge is 2.16. The number of carbonyl (C=O) groups excluding carboxylic acids is 1. The summed E-state index contributed by atoms with van der Waals surface area (Å²) in [6, 6.07) is 6.27. The molecule has 0 saturated carbocycles. The van der Waals surface area contributed by atoms with Crippen molar-refractivity contribution in [1.82, 2.24) is 0 Å². The van der Waals surface area contributed by atoms with Gasteiger partial charge in [-0.15, -0.1) is 0 Å². The van der Waals surface area contributed by atoms with E-state index in [1.165, 1.54) is 11.1 Å². The topological polar surface area (TPSA) is 17.1 Å². The molecule has 1 aliphatic rings. The van der Waals surface area contributed by atoms with E-state index in [9.17, 15) is 4.79 Å². The van der Waals surface area contributed by atoms with E-state index >= 15 is 0 Å². The van der Waals surface area contributed by atoms with Gasteiger partial charge in [-0.3, -0.25) is 4.79 Å². The Hall–Kier alpha value is -1.37. The first-order chi connectivity index (χ1) is 7.16. The van der Waals surface area contributed by atoms with Crippen LogP contribution >= 0.6 is 0 Å². The zero-order valence-corrected chi connectivity index (χ0v) is 9.18. The van der Waals surface area contributed by atoms with Crippen molar-refractivity contribution in [3.63, 3.8) is 0 Å². The molecule has 0 aliphatic heterocycles. The Balaban J connectivity index is 2.35. The van der Waals surface area contributed by atoms with Crippen LogP contribution in [-0.2, 0) is 12.8 Å². The second kappa shape index (κ2) is 4.01. The third-order valence-electron chi connectivity index (χ3n) is 2.83. The van der Waals surface area contributed by atoms with Gasteiger partial charge in [0.1, 0.15) is 0 Å². The summed E-state index contributed by atoms with van der Waals surface area (Å²) in [4.78, 5) is 11.7. The summed E-state index contributed by atoms with van der Waals surface area (Å²) in [5.41, 5.74) is 4.51. The first-order valence-electron chi connectivity index (χ1n) is 5.46. The van der Waals surface area contributed by atoms with Gasteiger partial charge in [0.05, 0.1) is 0 Å². The number of fused-ring (bicyclic) bond motifs is 1. The van der Waals surface area contributed by atoms with Crippen LogP contribution in [0.2, 0.25) is 0 Å². The Morgan fingerprint density at radius 3 is 2.93 bits per heavy atom. The minimum Gasteiger partial charge on any atom is -0.294 e. The maximum Gasteiger partial charge on any atom is 0.163 e. The molecule has 1 aromatic carbocycles. The summed E-state index contributed by atoms with van der Waals surface area (Å²) in [6.45, 7) is 5.91. The first kappa shape index (κ1) is 10.2. The van der Waals surface area contributed by atoms with Gasteiger partial charge in [0.15, 0.2) is 5.78 Å². The normalized spacial score (nSPS) is 14.9. The average molecular weight is 200 g/mol. The number of ketones is 1. The number of Topliss-reactive ketones (excluding diaryl/α,β-unsaturated/α-hetero) is 1. The Labute approximate surface area is 90.8 Å². The molecule has 1 aromatic rings. The Kier molecular flexibility index (Phi) is 2.72. The number of allylic oxidation sites excluding steroid dienone is 1. The number of aryl methyl sites for hydroxylation is 1. The van der Waals surface area contributed by atoms with Gasteiger partial charge in [-0.25, -0.2) is 0 Å². The molecule has 78 valence electrons. The third-order valence-corrected chi connectivity index (χ3v) is 2.83. The van der Waals surface area contributed by atoms with E-state index in [0.717, 1.165) is 30.4 Å². The van der Waals surface area contributed by atoms with E-state index in [2.05, 4.69) is 18.7 Å². The molecule has 15 heavy (non-hydrogen) atoms. The van der Waals surface area contributed by atoms with E-state index < -0.39 is 0 Å². The SMILES string of the molecule is C=C(C)Cc1ccc2c(c1)C(=O)CCC2. The largest absolute Gasteiger partial charge is 0.294 e. The summed E-state index contributed by atoms with van der Waals surface area (Å²) in [5.74, 6) is 0.305. The molecular formula is C14H16O. The van der Waals surface area contributed by atoms with Gasteiger partial charge in [0.25, 0.3) is 0 Å². The summed E-state index contributed by atoms with van der Waals surface area (Å²) >= 11 is 0. The number of benzene rings is 1. The van der Waals surface area contributed by atoms with E-state index in [0.29, 0.717) is 12.2 Å². The fourth-order valence-corrected chi connectivity index (χ4v) is 2.13. The summed E-state index contributed by atoms with van der Waals surface area (Å²) in [5, 5.41) is 0. The zero-order valence-electron chi connectivity index (χ0n) is 9.18. The fraction of sp³-hybridized carbons (Fsp3) is 0.357. The lowest BCUT2D eigenvalue weighted by molar-refractivity contribution is 0.0972. The zero-order chi connectivity index (χ0) is 10.8. The highest BCUT2D eigenvalue weighted by Crippen LogP contribution is 2.23. The van der Waals surface area contributed by atoms with Gasteiger partial charge in [-0.1, -0.05) is 24.3 Å². The molecule has 1 aliphatic carbocycles. The number of hydrogen-bond donors (Lipinski definition) is 0. The van der Waals surface area contributed by atoms with Crippen molar-refractivity contribution in [2.45, 2.75) is 32.6 Å². The molecule has 0 saturated heterocycles. The predicted molar refractivity (Wildman–Crippen MR) is 62.2 cm³/mol. The third kappa shape index (κ3) is 2.17. The molecule has 0 spiro atoms. The maximum atomic E-state index is 11.7. The molecular weight excluding hydrogens is 184 g/mol. The Bertz CT molecular complexity index is 415. The highest BCUT2D eigenvalue weighted by atomic mass is 16.1. The molecule has 1 heteroatoms. The van der Waals surface area contributed by atoms with E-state index in [-0.39, 0.29) is 0 Å². The minimum atomic E-state index is 0.305. The van der Waals surface area contributed by atoms with E-state index in [1.54, 1.807) is 0 Å². The molecule has 0 atom stereocenters. The molecule has 0 fully saturated rings. The summed E-state index contributed by atoms with van der Waals surface area (Å²) in [7, 11) is 0. The number of hydrogen-bond acceptors (Lipinski definition) is 1. The van der Waals surface area contributed by atoms with Gasteiger partial charge < -0.3 is 0 Å². The molecule has 0 N–H and O–H groups in total. The highest BCUT2D eigenvalue weighted by molar-refractivity contribution is 5.98. The van der Waals surface area contributed by atoms with Gasteiger partial charge in [0.2, 0.25) is 0 Å². The van der Waals surface area contributed by atoms with Crippen LogP contribution in [0.15, 0.2) is 30.4 Å². The van der Waals surface area contributed by atoms with E-state index in [4.69, 9.17) is 0 Å². The van der Waals surface area contributed by atoms with Crippen LogP contribution in [0.1, 0.15) is 41.3 Å². The minimum absolute atomic E-state index is 0.305. The number of carbonyl (C=O) groups is 1. The molecule has 2 rings (SSSR count). The lowest BCUT2D eigenvalue weighted by Gasteiger charge is -2.15. The second-order valence-corrected chi connectivity index (χ2v) is 4.40. The van der Waals surface area contributed by atoms with E-state index in [1.807, 2.05) is 13.0 Å². The molecule has 0 radical (unpaired) electrons. The summed E-state index contributed by atoms with van der Waals surface area (Å²) in [6.07, 6.45) is 3.64. The molecule has 0 heterocycles. The predicted octanol–water partition coefficient (Wildman–Crippen LogP) is 3.32. The van der Waals surface area contributed by atoms with Gasteiger partial charge >= 0.3 is 0 Å². The van der Waals surface area contributed by atoms with Crippen LogP contribution in [0.3, 0.4) is 0 Å². The van der Waals surface area contributed by atoms with Gasteiger partial charge in [-0.2, -0.15) is 0 Å². The molecule has 1 nitrogen and oxygen atoms in total. The van der Waals surface area contributed by atoms with Crippen molar-refractivity contribution in [2.24, 2.45) is 0 Å². The summed E-state index contributed by atoms with van der Waals surface area (Å²) < 4.78 is 0. The van der Waals surface area contributed by atoms with Crippen LogP contribution in [0, 0.1) is 0 Å². The lowest BCUT2D eigenvalue weighted by atomic mass is 9.88. The Morgan fingerprint density at radius 1 is 1.40 bits per heavy atom. The quantitative estimate of drug-likeness (QED) is 0.669. The molecule has 0 unspecified atom stereocenters. The molecule has 0 bridgehead atoms. The van der Waals surface area contributed by atoms with Crippen LogP contribution < -0.4 is 0 Å². The maximum absolute atomic E-state index is 11.7. The van der Waals surface area contributed by atoms with Crippen LogP contribution in [-0.4, -0.2) is 5.78 Å². The first-order valence-corrected chi connectivity index (χ1v) is 5.46. The molecule has 0 amide bonds.